The SMILES string of the molecule is Cc1ccc(NC(=O)C(C)NC2CCN(C3CC3)C2)cc1. The summed E-state index contributed by atoms with van der Waals surface area (Å²) in [5, 5.41) is 6.44. The Morgan fingerprint density at radius 1 is 1.24 bits per heavy atom. The van der Waals surface area contributed by atoms with Crippen molar-refractivity contribution in [1.29, 1.82) is 0 Å². The molecular formula is C17H25N3O. The number of anilines is 1. The lowest BCUT2D eigenvalue weighted by Crippen LogP contribution is -2.45. The lowest BCUT2D eigenvalue weighted by Gasteiger charge is -2.20. The van der Waals surface area contributed by atoms with Crippen LogP contribution in [0.4, 0.5) is 5.69 Å². The summed E-state index contributed by atoms with van der Waals surface area (Å²) in [6.45, 7) is 6.26. The van der Waals surface area contributed by atoms with Crippen molar-refractivity contribution in [2.45, 2.75) is 51.2 Å². The van der Waals surface area contributed by atoms with Crippen molar-refractivity contribution in [2.75, 3.05) is 18.4 Å². The Kier molecular flexibility index (Phi) is 4.27. The molecule has 2 atom stereocenters. The molecule has 2 N–H and O–H groups in total. The van der Waals surface area contributed by atoms with E-state index in [0.29, 0.717) is 6.04 Å². The minimum atomic E-state index is -0.157. The van der Waals surface area contributed by atoms with Crippen LogP contribution >= 0.6 is 0 Å². The number of nitrogens with one attached hydrogen (secondary N) is 2. The van der Waals surface area contributed by atoms with E-state index in [0.717, 1.165) is 24.7 Å². The summed E-state index contributed by atoms with van der Waals surface area (Å²) in [5.41, 5.74) is 2.07. The second-order valence-corrected chi connectivity index (χ2v) is 6.46. The maximum absolute atomic E-state index is 12.2. The highest BCUT2D eigenvalue weighted by molar-refractivity contribution is 5.94. The Bertz CT molecular complexity index is 495. The summed E-state index contributed by atoms with van der Waals surface area (Å²) in [7, 11) is 0. The fraction of sp³-hybridized carbons (Fsp3) is 0.588. The number of benzene rings is 1. The van der Waals surface area contributed by atoms with Crippen molar-refractivity contribution in [3.05, 3.63) is 29.8 Å². The maximum atomic E-state index is 12.2. The highest BCUT2D eigenvalue weighted by Crippen LogP contribution is 2.29. The molecular weight excluding hydrogens is 262 g/mol. The van der Waals surface area contributed by atoms with Crippen LogP contribution in [-0.4, -0.2) is 42.0 Å². The van der Waals surface area contributed by atoms with E-state index in [9.17, 15) is 4.79 Å². The molecule has 1 aromatic carbocycles. The van der Waals surface area contributed by atoms with Gasteiger partial charge in [-0.05, 0) is 45.2 Å². The molecule has 4 nitrogen and oxygen atoms in total. The molecule has 1 aliphatic carbocycles. The fourth-order valence-electron chi connectivity index (χ4n) is 3.01. The van der Waals surface area contributed by atoms with Crippen molar-refractivity contribution in [1.82, 2.24) is 10.2 Å². The van der Waals surface area contributed by atoms with Gasteiger partial charge in [0.1, 0.15) is 0 Å². The smallest absolute Gasteiger partial charge is 0.241 e. The maximum Gasteiger partial charge on any atom is 0.241 e. The molecule has 2 fully saturated rings. The topological polar surface area (TPSA) is 44.4 Å². The van der Waals surface area contributed by atoms with E-state index in [4.69, 9.17) is 0 Å². The van der Waals surface area contributed by atoms with Gasteiger partial charge in [-0.2, -0.15) is 0 Å². The predicted molar refractivity (Wildman–Crippen MR) is 85.4 cm³/mol. The lowest BCUT2D eigenvalue weighted by atomic mass is 10.2. The zero-order valence-electron chi connectivity index (χ0n) is 12.9. The van der Waals surface area contributed by atoms with Gasteiger partial charge < -0.3 is 10.6 Å². The molecule has 21 heavy (non-hydrogen) atoms. The molecule has 1 aliphatic heterocycles. The minimum Gasteiger partial charge on any atom is -0.325 e. The second-order valence-electron chi connectivity index (χ2n) is 6.46. The van der Waals surface area contributed by atoms with E-state index in [-0.39, 0.29) is 11.9 Å². The predicted octanol–water partition coefficient (Wildman–Crippen LogP) is 2.15. The Labute approximate surface area is 126 Å². The third kappa shape index (κ3) is 3.83. The van der Waals surface area contributed by atoms with Crippen LogP contribution in [0, 0.1) is 6.92 Å². The van der Waals surface area contributed by atoms with Crippen molar-refractivity contribution < 1.29 is 4.79 Å². The van der Waals surface area contributed by atoms with Gasteiger partial charge in [0.15, 0.2) is 0 Å². The number of rotatable bonds is 5. The summed E-state index contributed by atoms with van der Waals surface area (Å²) in [5.74, 6) is 0.0451. The largest absolute Gasteiger partial charge is 0.325 e. The van der Waals surface area contributed by atoms with Gasteiger partial charge >= 0.3 is 0 Å². The van der Waals surface area contributed by atoms with E-state index < -0.39 is 0 Å². The van der Waals surface area contributed by atoms with Gasteiger partial charge in [-0.1, -0.05) is 17.7 Å². The number of nitrogens with zero attached hydrogens (tertiary/aromatic N) is 1. The van der Waals surface area contributed by atoms with Crippen LogP contribution in [0.25, 0.3) is 0 Å². The minimum absolute atomic E-state index is 0.0451. The van der Waals surface area contributed by atoms with Gasteiger partial charge in [-0.15, -0.1) is 0 Å². The third-order valence-electron chi connectivity index (χ3n) is 4.48. The number of hydrogen-bond donors (Lipinski definition) is 2. The zero-order chi connectivity index (χ0) is 14.8. The van der Waals surface area contributed by atoms with E-state index >= 15 is 0 Å². The Morgan fingerprint density at radius 3 is 2.62 bits per heavy atom. The Balaban J connectivity index is 1.47. The molecule has 0 spiro atoms. The normalized spacial score (nSPS) is 24.0. The highest BCUT2D eigenvalue weighted by atomic mass is 16.2. The first-order chi connectivity index (χ1) is 10.1. The first kappa shape index (κ1) is 14.5. The van der Waals surface area contributed by atoms with E-state index in [1.165, 1.54) is 24.9 Å². The standard InChI is InChI=1S/C17H25N3O/c1-12-3-5-14(6-4-12)19-17(21)13(2)18-15-9-10-20(11-15)16-7-8-16/h3-6,13,15-16,18H,7-11H2,1-2H3,(H,19,21). The van der Waals surface area contributed by atoms with E-state index in [1.807, 2.05) is 38.1 Å². The molecule has 1 aromatic rings. The fourth-order valence-corrected chi connectivity index (χ4v) is 3.01. The zero-order valence-corrected chi connectivity index (χ0v) is 12.9. The first-order valence-corrected chi connectivity index (χ1v) is 7.99. The van der Waals surface area contributed by atoms with Crippen molar-refractivity contribution in [3.8, 4) is 0 Å². The average molecular weight is 287 g/mol. The number of likely N-dealkylation sites (tertiary alicyclic amines) is 1. The van der Waals surface area contributed by atoms with Crippen molar-refractivity contribution in [2.24, 2.45) is 0 Å². The molecule has 0 radical (unpaired) electrons. The number of aryl methyl sites for hydroxylation is 1. The number of carbonyl (C=O) groups excluding carboxylic acids is 1. The highest BCUT2D eigenvalue weighted by Gasteiger charge is 2.35. The molecule has 4 heteroatoms. The molecule has 1 amide bonds. The molecule has 1 saturated carbocycles. The summed E-state index contributed by atoms with van der Waals surface area (Å²) >= 11 is 0. The molecule has 114 valence electrons. The van der Waals surface area contributed by atoms with Gasteiger partial charge in [0.2, 0.25) is 5.91 Å². The summed E-state index contributed by atoms with van der Waals surface area (Å²) in [4.78, 5) is 14.8. The van der Waals surface area contributed by atoms with Crippen LogP contribution in [0.2, 0.25) is 0 Å². The quantitative estimate of drug-likeness (QED) is 0.872. The van der Waals surface area contributed by atoms with Crippen LogP contribution in [0.1, 0.15) is 31.7 Å². The average Bonchev–Trinajstić information content (AvgIpc) is 3.22. The van der Waals surface area contributed by atoms with Crippen LogP contribution < -0.4 is 10.6 Å². The Hall–Kier alpha value is -1.39. The van der Waals surface area contributed by atoms with Gasteiger partial charge in [0, 0.05) is 30.9 Å². The van der Waals surface area contributed by atoms with Crippen LogP contribution in [0.3, 0.4) is 0 Å². The Morgan fingerprint density at radius 2 is 1.95 bits per heavy atom. The molecule has 2 aliphatic rings. The van der Waals surface area contributed by atoms with Crippen LogP contribution in [-0.2, 0) is 4.79 Å². The monoisotopic (exact) mass is 287 g/mol. The summed E-state index contributed by atoms with van der Waals surface area (Å²) in [6, 6.07) is 9.04. The van der Waals surface area contributed by atoms with Gasteiger partial charge in [0.25, 0.3) is 0 Å². The number of amides is 1. The van der Waals surface area contributed by atoms with Gasteiger partial charge in [-0.25, -0.2) is 0 Å². The number of hydrogen-bond acceptors (Lipinski definition) is 3. The summed E-state index contributed by atoms with van der Waals surface area (Å²) in [6.07, 6.45) is 3.87. The lowest BCUT2D eigenvalue weighted by molar-refractivity contribution is -0.117. The molecule has 2 unspecified atom stereocenters. The second kappa shape index (κ2) is 6.16. The van der Waals surface area contributed by atoms with Crippen molar-refractivity contribution in [3.63, 3.8) is 0 Å². The molecule has 1 heterocycles. The summed E-state index contributed by atoms with van der Waals surface area (Å²) < 4.78 is 0. The van der Waals surface area contributed by atoms with E-state index in [1.54, 1.807) is 0 Å². The van der Waals surface area contributed by atoms with Gasteiger partial charge in [-0.3, -0.25) is 9.69 Å². The van der Waals surface area contributed by atoms with Crippen molar-refractivity contribution >= 4 is 11.6 Å². The molecule has 1 saturated heterocycles. The van der Waals surface area contributed by atoms with E-state index in [2.05, 4.69) is 15.5 Å². The molecule has 0 bridgehead atoms. The van der Waals surface area contributed by atoms with Crippen LogP contribution in [0.5, 0.6) is 0 Å². The number of carbonyl (C=O) groups is 1. The van der Waals surface area contributed by atoms with Crippen LogP contribution in [0.15, 0.2) is 24.3 Å². The molecule has 3 rings (SSSR count). The van der Waals surface area contributed by atoms with Gasteiger partial charge in [0.05, 0.1) is 6.04 Å². The third-order valence-corrected chi connectivity index (χ3v) is 4.48. The first-order valence-electron chi connectivity index (χ1n) is 7.99. The molecule has 0 aromatic heterocycles.